The Morgan fingerprint density at radius 3 is 2.69 bits per heavy atom. The van der Waals surface area contributed by atoms with Crippen molar-refractivity contribution in [1.29, 1.82) is 0 Å². The van der Waals surface area contributed by atoms with Crippen LogP contribution in [0.2, 0.25) is 0 Å². The Morgan fingerprint density at radius 1 is 1.31 bits per heavy atom. The van der Waals surface area contributed by atoms with Gasteiger partial charge in [-0.15, -0.1) is 8.78 Å². The molecule has 35 heavy (non-hydrogen) atoms. The second kappa shape index (κ2) is 11.4. The monoisotopic (exact) mass is 504 g/mol. The number of nitrogens with zero attached hydrogens (tertiary/aromatic N) is 5. The third kappa shape index (κ3) is 7.30. The van der Waals surface area contributed by atoms with Gasteiger partial charge in [0, 0.05) is 60.6 Å². The Morgan fingerprint density at radius 2 is 2.09 bits per heavy atom. The van der Waals surface area contributed by atoms with Crippen molar-refractivity contribution in [2.75, 3.05) is 32.1 Å². The Bertz CT molecular complexity index is 1120. The minimum absolute atomic E-state index is 0.299. The maximum atomic E-state index is 13.0. The summed E-state index contributed by atoms with van der Waals surface area (Å²) in [6.45, 7) is 6.66. The first kappa shape index (κ1) is 26.2. The van der Waals surface area contributed by atoms with Gasteiger partial charge in [0.1, 0.15) is 11.6 Å². The van der Waals surface area contributed by atoms with Gasteiger partial charge in [0.05, 0.1) is 17.5 Å². The van der Waals surface area contributed by atoms with Crippen LogP contribution >= 0.6 is 11.6 Å². The molecule has 0 spiro atoms. The number of nitrogens with one attached hydrogen (secondary N) is 1. The minimum atomic E-state index is -3.87. The SMILES string of the molecule is C=C(/C=C\C(=C/C)NC(=O)c1cnc(N2CC[C@@H](N(C)C)C2)c(-c2cnccn2)c1)OC(F)(F)Cl. The van der Waals surface area contributed by atoms with Gasteiger partial charge in [-0.1, -0.05) is 12.7 Å². The van der Waals surface area contributed by atoms with Gasteiger partial charge in [0.25, 0.3) is 5.91 Å². The van der Waals surface area contributed by atoms with E-state index in [4.69, 9.17) is 11.6 Å². The second-order valence-electron chi connectivity index (χ2n) is 8.08. The number of hydrogen-bond acceptors (Lipinski definition) is 7. The van der Waals surface area contributed by atoms with Crippen LogP contribution in [0.5, 0.6) is 0 Å². The van der Waals surface area contributed by atoms with Crippen LogP contribution in [0, 0.1) is 0 Å². The number of allylic oxidation sites excluding steroid dienone is 3. The summed E-state index contributed by atoms with van der Waals surface area (Å²) >= 11 is 4.73. The first-order chi connectivity index (χ1) is 16.6. The molecule has 0 unspecified atom stereocenters. The molecule has 0 saturated carbocycles. The normalized spacial score (nSPS) is 16.7. The molecule has 1 saturated heterocycles. The van der Waals surface area contributed by atoms with Crippen LogP contribution in [0.25, 0.3) is 11.3 Å². The number of hydrogen-bond donors (Lipinski definition) is 1. The molecule has 2 aromatic heterocycles. The predicted molar refractivity (Wildman–Crippen MR) is 131 cm³/mol. The molecule has 1 atom stereocenters. The Balaban J connectivity index is 1.83. The lowest BCUT2D eigenvalue weighted by atomic mass is 10.1. The van der Waals surface area contributed by atoms with Crippen LogP contribution < -0.4 is 10.2 Å². The third-order valence-electron chi connectivity index (χ3n) is 5.43. The first-order valence-corrected chi connectivity index (χ1v) is 11.2. The lowest BCUT2D eigenvalue weighted by molar-refractivity contribution is -0.136. The lowest BCUT2D eigenvalue weighted by Gasteiger charge is -2.23. The minimum Gasteiger partial charge on any atom is -0.421 e. The van der Waals surface area contributed by atoms with Crippen molar-refractivity contribution in [3.8, 4) is 11.3 Å². The van der Waals surface area contributed by atoms with E-state index in [2.05, 4.69) is 55.5 Å². The van der Waals surface area contributed by atoms with Gasteiger partial charge in [-0.25, -0.2) is 4.98 Å². The number of ether oxygens (including phenoxy) is 1. The van der Waals surface area contributed by atoms with E-state index in [1.54, 1.807) is 37.7 Å². The number of carbonyl (C=O) groups is 1. The molecule has 1 amide bonds. The lowest BCUT2D eigenvalue weighted by Crippen LogP contribution is -2.32. The van der Waals surface area contributed by atoms with Crippen LogP contribution in [0.3, 0.4) is 0 Å². The molecule has 0 bridgehead atoms. The van der Waals surface area contributed by atoms with Crippen molar-refractivity contribution in [3.63, 3.8) is 0 Å². The van der Waals surface area contributed by atoms with E-state index in [1.807, 2.05) is 0 Å². The fraction of sp³-hybridized carbons (Fsp3) is 0.333. The summed E-state index contributed by atoms with van der Waals surface area (Å²) in [5.74, 6) is -0.0714. The Kier molecular flexibility index (Phi) is 8.52. The van der Waals surface area contributed by atoms with E-state index in [-0.39, 0.29) is 5.76 Å². The molecule has 0 aromatic carbocycles. The Hall–Kier alpha value is -3.37. The summed E-state index contributed by atoms with van der Waals surface area (Å²) in [6, 6.07) is 2.12. The molecular weight excluding hydrogens is 478 g/mol. The standard InChI is InChI=1S/C24H27ClF2N6O2/c1-5-18(7-6-16(2)35-24(25,26)27)31-23(34)17-12-20(21-14-28-9-10-29-21)22(30-13-17)33-11-8-19(15-33)32(3)4/h5-7,9-10,12-14,19H,2,8,11,15H2,1,3-4H3,(H,31,34)/b7-6-,18-5+/t19-/m1/s1. The van der Waals surface area contributed by atoms with Crippen LogP contribution in [0.1, 0.15) is 23.7 Å². The highest BCUT2D eigenvalue weighted by atomic mass is 35.5. The molecule has 3 rings (SSSR count). The van der Waals surface area contributed by atoms with Crippen LogP contribution in [0.4, 0.5) is 14.6 Å². The number of rotatable bonds is 9. The molecule has 0 aliphatic carbocycles. The fourth-order valence-corrected chi connectivity index (χ4v) is 3.69. The van der Waals surface area contributed by atoms with Crippen molar-refractivity contribution < 1.29 is 18.3 Å². The number of amides is 1. The van der Waals surface area contributed by atoms with E-state index >= 15 is 0 Å². The summed E-state index contributed by atoms with van der Waals surface area (Å²) < 4.78 is 29.6. The van der Waals surface area contributed by atoms with Gasteiger partial charge in [-0.2, -0.15) is 0 Å². The molecule has 11 heteroatoms. The highest BCUT2D eigenvalue weighted by Crippen LogP contribution is 2.31. The van der Waals surface area contributed by atoms with Crippen LogP contribution in [-0.4, -0.2) is 64.6 Å². The number of pyridine rings is 1. The van der Waals surface area contributed by atoms with Gasteiger partial charge < -0.3 is 19.9 Å². The van der Waals surface area contributed by atoms with E-state index < -0.39 is 11.5 Å². The number of alkyl halides is 3. The quantitative estimate of drug-likeness (QED) is 0.311. The Labute approximate surface area is 208 Å². The van der Waals surface area contributed by atoms with Gasteiger partial charge >= 0.3 is 5.57 Å². The topological polar surface area (TPSA) is 83.5 Å². The largest absolute Gasteiger partial charge is 0.487 e. The number of likely N-dealkylation sites (N-methyl/N-ethyl adjacent to an activating group) is 1. The van der Waals surface area contributed by atoms with Crippen molar-refractivity contribution in [3.05, 3.63) is 72.7 Å². The average Bonchev–Trinajstić information content (AvgIpc) is 3.31. The van der Waals surface area contributed by atoms with Gasteiger partial charge in [-0.05, 0) is 45.7 Å². The number of carbonyl (C=O) groups excluding carboxylic acids is 1. The highest BCUT2D eigenvalue weighted by Gasteiger charge is 2.28. The maximum Gasteiger partial charge on any atom is 0.487 e. The van der Waals surface area contributed by atoms with Crippen molar-refractivity contribution >= 4 is 23.3 Å². The van der Waals surface area contributed by atoms with E-state index in [0.717, 1.165) is 25.3 Å². The molecule has 3 heterocycles. The van der Waals surface area contributed by atoms with Crippen LogP contribution in [0.15, 0.2) is 67.1 Å². The summed E-state index contributed by atoms with van der Waals surface area (Å²) in [4.78, 5) is 30.5. The van der Waals surface area contributed by atoms with Crippen molar-refractivity contribution in [1.82, 2.24) is 25.2 Å². The predicted octanol–water partition coefficient (Wildman–Crippen LogP) is 4.19. The number of anilines is 1. The van der Waals surface area contributed by atoms with E-state index in [0.29, 0.717) is 28.6 Å². The third-order valence-corrected chi connectivity index (χ3v) is 5.50. The molecule has 1 fully saturated rings. The summed E-state index contributed by atoms with van der Waals surface area (Å²) in [6.07, 6.45) is 11.4. The average molecular weight is 505 g/mol. The summed E-state index contributed by atoms with van der Waals surface area (Å²) in [7, 11) is 4.10. The second-order valence-corrected chi connectivity index (χ2v) is 8.52. The molecule has 8 nitrogen and oxygen atoms in total. The number of aromatic nitrogens is 3. The van der Waals surface area contributed by atoms with E-state index in [9.17, 15) is 13.6 Å². The number of halogens is 3. The molecule has 0 radical (unpaired) electrons. The highest BCUT2D eigenvalue weighted by molar-refractivity contribution is 6.20. The zero-order chi connectivity index (χ0) is 25.6. The van der Waals surface area contributed by atoms with Gasteiger partial charge in [-0.3, -0.25) is 14.8 Å². The van der Waals surface area contributed by atoms with Crippen molar-refractivity contribution in [2.45, 2.75) is 25.0 Å². The summed E-state index contributed by atoms with van der Waals surface area (Å²) in [5, 5.41) is 2.71. The summed E-state index contributed by atoms with van der Waals surface area (Å²) in [5.41, 5.74) is -1.94. The zero-order valence-corrected chi connectivity index (χ0v) is 20.5. The fourth-order valence-electron chi connectivity index (χ4n) is 3.59. The molecular formula is C24H27ClF2N6O2. The molecule has 1 N–H and O–H groups in total. The molecule has 1 aliphatic rings. The maximum absolute atomic E-state index is 13.0. The smallest absolute Gasteiger partial charge is 0.421 e. The van der Waals surface area contributed by atoms with Gasteiger partial charge in [0.15, 0.2) is 0 Å². The first-order valence-electron chi connectivity index (χ1n) is 10.9. The van der Waals surface area contributed by atoms with Crippen molar-refractivity contribution in [2.24, 2.45) is 0 Å². The molecule has 1 aliphatic heterocycles. The van der Waals surface area contributed by atoms with E-state index in [1.165, 1.54) is 18.3 Å². The van der Waals surface area contributed by atoms with Crippen LogP contribution in [-0.2, 0) is 4.74 Å². The molecule has 2 aromatic rings. The molecule has 186 valence electrons. The zero-order valence-electron chi connectivity index (χ0n) is 19.7. The van der Waals surface area contributed by atoms with Gasteiger partial charge in [0.2, 0.25) is 0 Å².